The van der Waals surface area contributed by atoms with Crippen molar-refractivity contribution in [2.75, 3.05) is 6.61 Å². The van der Waals surface area contributed by atoms with Crippen LogP contribution in [0.2, 0.25) is 0 Å². The number of carboxylic acids is 2. The van der Waals surface area contributed by atoms with Gasteiger partial charge in [-0.3, -0.25) is 9.59 Å². The molecule has 5 nitrogen and oxygen atoms in total. The largest absolute Gasteiger partial charge is 0.494 e. The molecule has 19 heavy (non-hydrogen) atoms. The molecule has 104 valence electrons. The fraction of sp³-hybridized carbons (Fsp3) is 0.429. The van der Waals surface area contributed by atoms with Crippen LogP contribution in [0, 0.1) is 5.92 Å². The summed E-state index contributed by atoms with van der Waals surface area (Å²) in [5.74, 6) is -2.36. The number of carbonyl (C=O) groups is 2. The standard InChI is InChI=1S/C14H18O5/c1-2-7-19-12-5-3-10(4-6-12)8-11(14(17)18)9-13(15)16/h3-6,11H,2,7-9H2,1H3,(H,15,16)(H,17,18)/t11-/m1/s1. The smallest absolute Gasteiger partial charge is 0.307 e. The van der Waals surface area contributed by atoms with Gasteiger partial charge in [-0.15, -0.1) is 0 Å². The van der Waals surface area contributed by atoms with Crippen LogP contribution in [0.25, 0.3) is 0 Å². The maximum absolute atomic E-state index is 11.0. The Kier molecular flexibility index (Phi) is 5.85. The second-order valence-corrected chi connectivity index (χ2v) is 4.33. The lowest BCUT2D eigenvalue weighted by Gasteiger charge is -2.10. The maximum atomic E-state index is 11.0. The highest BCUT2D eigenvalue weighted by Crippen LogP contribution is 2.17. The molecule has 2 N–H and O–H groups in total. The molecule has 0 radical (unpaired) electrons. The normalized spacial score (nSPS) is 11.8. The summed E-state index contributed by atoms with van der Waals surface area (Å²) in [6.45, 7) is 2.65. The molecule has 0 aliphatic heterocycles. The molecule has 0 saturated carbocycles. The first-order valence-corrected chi connectivity index (χ1v) is 6.19. The van der Waals surface area contributed by atoms with Gasteiger partial charge in [0.05, 0.1) is 18.9 Å². The quantitative estimate of drug-likeness (QED) is 0.753. The number of hydrogen-bond acceptors (Lipinski definition) is 3. The van der Waals surface area contributed by atoms with Crippen molar-refractivity contribution in [3.05, 3.63) is 29.8 Å². The molecule has 0 spiro atoms. The van der Waals surface area contributed by atoms with E-state index in [1.165, 1.54) is 0 Å². The zero-order valence-corrected chi connectivity index (χ0v) is 10.8. The topological polar surface area (TPSA) is 83.8 Å². The maximum Gasteiger partial charge on any atom is 0.307 e. The van der Waals surface area contributed by atoms with Crippen LogP contribution < -0.4 is 4.74 Å². The summed E-state index contributed by atoms with van der Waals surface area (Å²) in [6.07, 6.45) is 0.751. The summed E-state index contributed by atoms with van der Waals surface area (Å²) in [7, 11) is 0. The summed E-state index contributed by atoms with van der Waals surface area (Å²) in [4.78, 5) is 21.6. The average molecular weight is 266 g/mol. The Labute approximate surface area is 111 Å². The van der Waals surface area contributed by atoms with Crippen LogP contribution >= 0.6 is 0 Å². The molecular weight excluding hydrogens is 248 g/mol. The van der Waals surface area contributed by atoms with E-state index in [0.29, 0.717) is 6.61 Å². The number of carboxylic acid groups (broad SMARTS) is 2. The molecule has 0 fully saturated rings. The van der Waals surface area contributed by atoms with E-state index >= 15 is 0 Å². The molecule has 5 heteroatoms. The monoisotopic (exact) mass is 266 g/mol. The number of ether oxygens (including phenoxy) is 1. The summed E-state index contributed by atoms with van der Waals surface area (Å²) in [6, 6.07) is 7.07. The van der Waals surface area contributed by atoms with Crippen molar-refractivity contribution in [3.63, 3.8) is 0 Å². The molecule has 0 aliphatic carbocycles. The third kappa shape index (κ3) is 5.42. The fourth-order valence-electron chi connectivity index (χ4n) is 1.68. The van der Waals surface area contributed by atoms with Gasteiger partial charge in [-0.2, -0.15) is 0 Å². The molecule has 0 bridgehead atoms. The first-order chi connectivity index (χ1) is 9.02. The predicted octanol–water partition coefficient (Wildman–Crippen LogP) is 2.19. The van der Waals surface area contributed by atoms with Gasteiger partial charge in [0, 0.05) is 0 Å². The third-order valence-electron chi connectivity index (χ3n) is 2.65. The van der Waals surface area contributed by atoms with Gasteiger partial charge in [0.1, 0.15) is 5.75 Å². The molecule has 1 rings (SSSR count). The number of aliphatic carboxylic acids is 2. The first-order valence-electron chi connectivity index (χ1n) is 6.19. The van der Waals surface area contributed by atoms with Crippen molar-refractivity contribution < 1.29 is 24.5 Å². The highest BCUT2D eigenvalue weighted by molar-refractivity contribution is 5.78. The van der Waals surface area contributed by atoms with E-state index in [9.17, 15) is 9.59 Å². The minimum absolute atomic E-state index is 0.204. The fourth-order valence-corrected chi connectivity index (χ4v) is 1.68. The summed E-state index contributed by atoms with van der Waals surface area (Å²) < 4.78 is 5.42. The number of benzene rings is 1. The van der Waals surface area contributed by atoms with Crippen molar-refractivity contribution in [1.29, 1.82) is 0 Å². The molecule has 1 atom stereocenters. The van der Waals surface area contributed by atoms with Crippen LogP contribution in [-0.2, 0) is 16.0 Å². The van der Waals surface area contributed by atoms with Crippen molar-refractivity contribution in [3.8, 4) is 5.75 Å². The van der Waals surface area contributed by atoms with Crippen molar-refractivity contribution in [2.45, 2.75) is 26.2 Å². The Bertz CT molecular complexity index is 424. The molecule has 0 heterocycles. The minimum atomic E-state index is -1.10. The van der Waals surface area contributed by atoms with Gasteiger partial charge in [0.2, 0.25) is 0 Å². The minimum Gasteiger partial charge on any atom is -0.494 e. The Morgan fingerprint density at radius 3 is 2.32 bits per heavy atom. The lowest BCUT2D eigenvalue weighted by Crippen LogP contribution is -2.20. The van der Waals surface area contributed by atoms with E-state index < -0.39 is 17.9 Å². The van der Waals surface area contributed by atoms with Gasteiger partial charge in [0.15, 0.2) is 0 Å². The summed E-state index contributed by atoms with van der Waals surface area (Å²) in [5.41, 5.74) is 0.789. The van der Waals surface area contributed by atoms with Crippen LogP contribution in [0.15, 0.2) is 24.3 Å². The van der Waals surface area contributed by atoms with Crippen LogP contribution in [0.5, 0.6) is 5.75 Å². The Morgan fingerprint density at radius 1 is 1.21 bits per heavy atom. The van der Waals surface area contributed by atoms with E-state index in [-0.39, 0.29) is 12.8 Å². The van der Waals surface area contributed by atoms with Gasteiger partial charge >= 0.3 is 11.9 Å². The first kappa shape index (κ1) is 15.0. The van der Waals surface area contributed by atoms with E-state index in [1.807, 2.05) is 6.92 Å². The van der Waals surface area contributed by atoms with E-state index in [0.717, 1.165) is 17.7 Å². The molecule has 0 aliphatic rings. The molecule has 0 saturated heterocycles. The van der Waals surface area contributed by atoms with E-state index in [4.69, 9.17) is 14.9 Å². The number of hydrogen-bond donors (Lipinski definition) is 2. The molecule has 0 aromatic heterocycles. The summed E-state index contributed by atoms with van der Waals surface area (Å²) in [5, 5.41) is 17.6. The van der Waals surface area contributed by atoms with E-state index in [1.54, 1.807) is 24.3 Å². The van der Waals surface area contributed by atoms with Crippen LogP contribution in [0.1, 0.15) is 25.3 Å². The second-order valence-electron chi connectivity index (χ2n) is 4.33. The van der Waals surface area contributed by atoms with Gasteiger partial charge < -0.3 is 14.9 Å². The number of rotatable bonds is 8. The molecule has 1 aromatic rings. The Balaban J connectivity index is 2.64. The molecule has 0 unspecified atom stereocenters. The van der Waals surface area contributed by atoms with Crippen molar-refractivity contribution in [2.24, 2.45) is 5.92 Å². The lowest BCUT2D eigenvalue weighted by atomic mass is 9.96. The van der Waals surface area contributed by atoms with Gasteiger partial charge in [0.25, 0.3) is 0 Å². The summed E-state index contributed by atoms with van der Waals surface area (Å²) >= 11 is 0. The van der Waals surface area contributed by atoms with Crippen molar-refractivity contribution in [1.82, 2.24) is 0 Å². The molecule has 0 amide bonds. The van der Waals surface area contributed by atoms with Crippen molar-refractivity contribution >= 4 is 11.9 Å². The van der Waals surface area contributed by atoms with E-state index in [2.05, 4.69) is 0 Å². The van der Waals surface area contributed by atoms with Gasteiger partial charge in [-0.25, -0.2) is 0 Å². The highest BCUT2D eigenvalue weighted by Gasteiger charge is 2.21. The SMILES string of the molecule is CCCOc1ccc(C[C@H](CC(=O)O)C(=O)O)cc1. The lowest BCUT2D eigenvalue weighted by molar-refractivity contribution is -0.148. The van der Waals surface area contributed by atoms with Gasteiger partial charge in [-0.1, -0.05) is 19.1 Å². The zero-order valence-electron chi connectivity index (χ0n) is 10.8. The van der Waals surface area contributed by atoms with Crippen LogP contribution in [0.4, 0.5) is 0 Å². The zero-order chi connectivity index (χ0) is 14.3. The second kappa shape index (κ2) is 7.41. The Morgan fingerprint density at radius 2 is 1.84 bits per heavy atom. The highest BCUT2D eigenvalue weighted by atomic mass is 16.5. The average Bonchev–Trinajstić information content (AvgIpc) is 2.36. The van der Waals surface area contributed by atoms with Crippen LogP contribution in [0.3, 0.4) is 0 Å². The predicted molar refractivity (Wildman–Crippen MR) is 69.3 cm³/mol. The van der Waals surface area contributed by atoms with Crippen LogP contribution in [-0.4, -0.2) is 28.8 Å². The Hall–Kier alpha value is -2.04. The van der Waals surface area contributed by atoms with Gasteiger partial charge in [-0.05, 0) is 30.5 Å². The third-order valence-corrected chi connectivity index (χ3v) is 2.65. The molecule has 1 aromatic carbocycles. The molecular formula is C14H18O5.